The Labute approximate surface area is 219 Å². The van der Waals surface area contributed by atoms with Crippen LogP contribution in [0.3, 0.4) is 0 Å². The minimum absolute atomic E-state index is 0. The molecule has 0 unspecified atom stereocenters. The van der Waals surface area contributed by atoms with E-state index in [0.717, 1.165) is 11.1 Å². The molecule has 1 N–H and O–H groups in total. The Hall–Kier alpha value is -4.25. The summed E-state index contributed by atoms with van der Waals surface area (Å²) in [5, 5.41) is 13.1. The molecule has 4 rings (SSSR count). The summed E-state index contributed by atoms with van der Waals surface area (Å²) in [5.74, 6) is -1.85. The van der Waals surface area contributed by atoms with Gasteiger partial charge in [0.15, 0.2) is 0 Å². The van der Waals surface area contributed by atoms with E-state index < -0.39 is 35.6 Å². The maximum absolute atomic E-state index is 13.7. The van der Waals surface area contributed by atoms with Crippen LogP contribution in [0.4, 0.5) is 5.69 Å². The van der Waals surface area contributed by atoms with Crippen LogP contribution in [-0.4, -0.2) is 34.5 Å². The van der Waals surface area contributed by atoms with Gasteiger partial charge in [0.25, 0.3) is 11.8 Å². The number of hydrazone groups is 1. The number of nitriles is 1. The number of esters is 1. The first kappa shape index (κ1) is 26.4. The number of fused-ring (bicyclic) bond motifs is 1. The zero-order valence-electron chi connectivity index (χ0n) is 19.4. The molecule has 183 valence electrons. The van der Waals surface area contributed by atoms with Crippen LogP contribution in [0.2, 0.25) is 0 Å². The van der Waals surface area contributed by atoms with Crippen LogP contribution in [0.1, 0.15) is 51.7 Å². The van der Waals surface area contributed by atoms with E-state index in [4.69, 9.17) is 4.74 Å². The topological polar surface area (TPSA) is 112 Å². The molecular weight excluding hydrogens is 508 g/mol. The Bertz CT molecular complexity index is 1310. The fourth-order valence-electron chi connectivity index (χ4n) is 3.89. The van der Waals surface area contributed by atoms with Crippen molar-refractivity contribution in [1.82, 2.24) is 4.90 Å². The number of carbonyl (C=O) groups is 3. The molecule has 0 aromatic heterocycles. The normalized spacial score (nSPS) is 12.8. The van der Waals surface area contributed by atoms with Crippen molar-refractivity contribution in [3.8, 4) is 6.07 Å². The minimum Gasteiger partial charge on any atom is -0.458 e. The molecule has 0 bridgehead atoms. The maximum Gasteiger partial charge on any atom is 2.00 e. The van der Waals surface area contributed by atoms with Crippen molar-refractivity contribution >= 4 is 29.2 Å². The van der Waals surface area contributed by atoms with Crippen LogP contribution < -0.4 is 5.43 Å². The van der Waals surface area contributed by atoms with Crippen LogP contribution in [0, 0.1) is 11.3 Å². The summed E-state index contributed by atoms with van der Waals surface area (Å²) in [5.41, 5.74) is 4.19. The first-order valence-electron chi connectivity index (χ1n) is 11.0. The predicted molar refractivity (Wildman–Crippen MR) is 130 cm³/mol. The number of imide groups is 1. The van der Waals surface area contributed by atoms with Gasteiger partial charge >= 0.3 is 23.0 Å². The number of nitrogens with zero attached hydrogens (tertiary/aromatic N) is 3. The van der Waals surface area contributed by atoms with Gasteiger partial charge < -0.3 is 4.74 Å². The van der Waals surface area contributed by atoms with Gasteiger partial charge in [0.1, 0.15) is 6.07 Å². The summed E-state index contributed by atoms with van der Waals surface area (Å²) in [4.78, 5) is 40.4. The van der Waals surface area contributed by atoms with E-state index in [9.17, 15) is 19.6 Å². The van der Waals surface area contributed by atoms with Gasteiger partial charge in [-0.25, -0.2) is 4.79 Å². The second-order valence-corrected chi connectivity index (χ2v) is 8.07. The molecule has 9 heteroatoms. The van der Waals surface area contributed by atoms with E-state index in [2.05, 4.69) is 10.5 Å². The maximum atomic E-state index is 13.7. The Balaban J connectivity index is 0.00000361. The standard InChI is InChI=1S/C27H22N4O4.Cu/c1-17(2)35-27(34)22(16-28)30-29-21-15-9-14-20-23(21)26(33)31(25(20)32)24(18-10-5-3-6-11-18)19-12-7-4-8-13-19;/h3-15,17,24,29H,1-2H3;/q;+2. The second-order valence-electron chi connectivity index (χ2n) is 8.07. The van der Waals surface area contributed by atoms with Crippen molar-refractivity contribution in [3.63, 3.8) is 0 Å². The third-order valence-electron chi connectivity index (χ3n) is 5.37. The second kappa shape index (κ2) is 11.5. The van der Waals surface area contributed by atoms with Crippen LogP contribution >= 0.6 is 0 Å². The smallest absolute Gasteiger partial charge is 0.458 e. The third kappa shape index (κ3) is 5.20. The zero-order valence-corrected chi connectivity index (χ0v) is 20.4. The fourth-order valence-corrected chi connectivity index (χ4v) is 3.89. The van der Waals surface area contributed by atoms with Gasteiger partial charge in [0, 0.05) is 0 Å². The van der Waals surface area contributed by atoms with Gasteiger partial charge in [0.05, 0.1) is 29.0 Å². The average molecular weight is 530 g/mol. The van der Waals surface area contributed by atoms with Crippen molar-refractivity contribution in [3.05, 3.63) is 101 Å². The molecule has 0 fully saturated rings. The molecule has 0 saturated heterocycles. The number of hydrogen-bond acceptors (Lipinski definition) is 7. The van der Waals surface area contributed by atoms with Gasteiger partial charge in [-0.2, -0.15) is 10.4 Å². The van der Waals surface area contributed by atoms with Gasteiger partial charge in [-0.15, -0.1) is 0 Å². The number of ether oxygens (including phenoxy) is 1. The Morgan fingerprint density at radius 2 is 1.50 bits per heavy atom. The number of hydrogen-bond donors (Lipinski definition) is 1. The molecular formula is C27H22CuN4O4+2. The molecule has 1 radical (unpaired) electrons. The van der Waals surface area contributed by atoms with Crippen LogP contribution in [0.25, 0.3) is 0 Å². The molecule has 3 aromatic rings. The molecule has 0 spiro atoms. The predicted octanol–water partition coefficient (Wildman–Crippen LogP) is 4.31. The van der Waals surface area contributed by atoms with E-state index in [0.29, 0.717) is 0 Å². The summed E-state index contributed by atoms with van der Waals surface area (Å²) in [6.07, 6.45) is -0.428. The largest absolute Gasteiger partial charge is 2.00 e. The Morgan fingerprint density at radius 1 is 0.917 bits per heavy atom. The van der Waals surface area contributed by atoms with E-state index in [1.807, 2.05) is 60.7 Å². The number of anilines is 1. The number of amides is 2. The number of nitrogens with one attached hydrogen (secondary N) is 1. The number of rotatable bonds is 7. The van der Waals surface area contributed by atoms with E-state index in [1.54, 1.807) is 38.1 Å². The molecule has 3 aromatic carbocycles. The molecule has 1 heterocycles. The molecule has 0 aliphatic carbocycles. The first-order chi connectivity index (χ1) is 16.9. The van der Waals surface area contributed by atoms with E-state index in [1.165, 1.54) is 4.90 Å². The van der Waals surface area contributed by atoms with Gasteiger partial charge in [-0.1, -0.05) is 66.7 Å². The van der Waals surface area contributed by atoms with Crippen molar-refractivity contribution < 1.29 is 36.2 Å². The average Bonchev–Trinajstić information content (AvgIpc) is 3.11. The summed E-state index contributed by atoms with van der Waals surface area (Å²) in [6, 6.07) is 24.4. The van der Waals surface area contributed by atoms with Gasteiger partial charge in [0.2, 0.25) is 5.71 Å². The molecule has 36 heavy (non-hydrogen) atoms. The minimum atomic E-state index is -0.889. The van der Waals surface area contributed by atoms with Crippen molar-refractivity contribution in [2.45, 2.75) is 26.0 Å². The quantitative estimate of drug-likeness (QED) is 0.160. The number of benzene rings is 3. The monoisotopic (exact) mass is 529 g/mol. The molecule has 1 aliphatic rings. The fraction of sp³-hybridized carbons (Fsp3) is 0.148. The van der Waals surface area contributed by atoms with Gasteiger partial charge in [-0.3, -0.25) is 19.9 Å². The Kier molecular flexibility index (Phi) is 8.38. The molecule has 1 aliphatic heterocycles. The molecule has 8 nitrogen and oxygen atoms in total. The zero-order chi connectivity index (χ0) is 24.9. The van der Waals surface area contributed by atoms with Gasteiger partial charge in [-0.05, 0) is 37.1 Å². The molecule has 2 amide bonds. The van der Waals surface area contributed by atoms with E-state index >= 15 is 0 Å². The summed E-state index contributed by atoms with van der Waals surface area (Å²) >= 11 is 0. The van der Waals surface area contributed by atoms with Crippen molar-refractivity contribution in [2.75, 3.05) is 5.43 Å². The molecule has 0 saturated carbocycles. The van der Waals surface area contributed by atoms with Crippen molar-refractivity contribution in [2.24, 2.45) is 5.10 Å². The van der Waals surface area contributed by atoms with Crippen molar-refractivity contribution in [1.29, 1.82) is 5.26 Å². The summed E-state index contributed by atoms with van der Waals surface area (Å²) in [6.45, 7) is 3.30. The summed E-state index contributed by atoms with van der Waals surface area (Å²) < 4.78 is 5.01. The van der Waals surface area contributed by atoms with E-state index in [-0.39, 0.29) is 33.9 Å². The molecule has 0 atom stereocenters. The SMILES string of the molecule is CC(C)OC(=O)C(C#N)=NNc1cccc2c1C(=O)N(C(c1ccccc1)c1ccccc1)C2=O.[Cu+2]. The van der Waals surface area contributed by atoms with Crippen LogP contribution in [0.15, 0.2) is 84.0 Å². The third-order valence-corrected chi connectivity index (χ3v) is 5.37. The van der Waals surface area contributed by atoms with Crippen LogP contribution in [-0.2, 0) is 26.6 Å². The summed E-state index contributed by atoms with van der Waals surface area (Å²) in [7, 11) is 0. The van der Waals surface area contributed by atoms with Crippen LogP contribution in [0.5, 0.6) is 0 Å². The number of carbonyl (C=O) groups excluding carboxylic acids is 3. The first-order valence-corrected chi connectivity index (χ1v) is 11.0. The Morgan fingerprint density at radius 3 is 2.03 bits per heavy atom.